The number of cyclic esters (lactones) is 1. The zero-order valence-electron chi connectivity index (χ0n) is 37.3. The molecule has 7 atom stereocenters. The first-order chi connectivity index (χ1) is 32.6. The molecule has 0 bridgehead atoms. The number of carbonyl (C=O) groups excluding carboxylic acids is 4. The van der Waals surface area contributed by atoms with Crippen LogP contribution in [0.1, 0.15) is 70.1 Å². The molecule has 0 aliphatic carbocycles. The summed E-state index contributed by atoms with van der Waals surface area (Å²) in [6, 6.07) is 45.8. The maximum absolute atomic E-state index is 16.4. The zero-order valence-corrected chi connectivity index (χ0v) is 37.3. The van der Waals surface area contributed by atoms with Gasteiger partial charge in [-0.3, -0.25) is 24.2 Å². The van der Waals surface area contributed by atoms with Crippen molar-refractivity contribution in [1.29, 1.82) is 0 Å². The molecule has 0 aromatic heterocycles. The van der Waals surface area contributed by atoms with Crippen LogP contribution in [0.2, 0.25) is 0 Å². The molecule has 11 nitrogen and oxygen atoms in total. The van der Waals surface area contributed by atoms with Gasteiger partial charge < -0.3 is 20.5 Å². The Morgan fingerprint density at radius 1 is 0.821 bits per heavy atom. The Morgan fingerprint density at radius 2 is 1.45 bits per heavy atom. The summed E-state index contributed by atoms with van der Waals surface area (Å²) in [6.07, 6.45) is 0.648. The predicted octanol–water partition coefficient (Wildman–Crippen LogP) is 8.31. The number of urea groups is 1. The molecular weight excluding hydrogens is 839 g/mol. The van der Waals surface area contributed by atoms with Crippen molar-refractivity contribution in [2.24, 2.45) is 5.92 Å². The molecule has 4 amide bonds. The number of carbonyl (C=O) groups is 4. The van der Waals surface area contributed by atoms with E-state index in [1.165, 1.54) is 18.2 Å². The quantitative estimate of drug-likeness (QED) is 0.0673. The minimum absolute atomic E-state index is 0.0173. The van der Waals surface area contributed by atoms with Gasteiger partial charge in [-0.2, -0.15) is 0 Å². The van der Waals surface area contributed by atoms with E-state index in [-0.39, 0.29) is 18.0 Å². The standard InChI is InChI=1S/C56H51N5O6/c1-4-33-57-52(63)47-49-53(64)67-50(42-25-15-8-16-26-42)48(41-23-13-7-14-24-41)61(49)51(43-28-30-44(62)31-29-43)56(47)45-35-38(20-17-34-59(3)36-39-18-9-5-10-19-39)27-32-46(45)60(54(56)65)55(66)58-37(2)40-21-11-6-12-22-40/h4-16,18-19,21-32,35,37,47-51,62H,1,33-34,36H2,2-3H3,(H,57,63)(H,58,66)/t37-,47-,48-,49-,50+,51+,56-/m1/s1. The third kappa shape index (κ3) is 8.26. The topological polar surface area (TPSA) is 132 Å². The summed E-state index contributed by atoms with van der Waals surface area (Å²) in [5.74, 6) is 3.13. The lowest BCUT2D eigenvalue weighted by Crippen LogP contribution is -2.56. The normalized spacial score (nSPS) is 22.3. The smallest absolute Gasteiger partial charge is 0.329 e. The molecule has 0 unspecified atom stereocenters. The van der Waals surface area contributed by atoms with E-state index in [0.29, 0.717) is 35.3 Å². The molecule has 3 heterocycles. The second kappa shape index (κ2) is 19.0. The Labute approximate surface area is 390 Å². The van der Waals surface area contributed by atoms with Crippen LogP contribution in [0, 0.1) is 17.8 Å². The molecule has 3 N–H and O–H groups in total. The molecule has 3 aliphatic rings. The first-order valence-corrected chi connectivity index (χ1v) is 22.4. The van der Waals surface area contributed by atoms with Crippen LogP contribution >= 0.6 is 0 Å². The highest BCUT2D eigenvalue weighted by Gasteiger charge is 2.75. The molecule has 2 saturated heterocycles. The molecule has 0 saturated carbocycles. The maximum atomic E-state index is 16.4. The lowest BCUT2D eigenvalue weighted by Gasteiger charge is -2.46. The Kier molecular flexibility index (Phi) is 12.6. The Bertz CT molecular complexity index is 2850. The second-order valence-corrected chi connectivity index (χ2v) is 17.3. The van der Waals surface area contributed by atoms with Crippen LogP contribution in [0.5, 0.6) is 5.75 Å². The summed E-state index contributed by atoms with van der Waals surface area (Å²) >= 11 is 0. The molecule has 9 rings (SSSR count). The highest BCUT2D eigenvalue weighted by atomic mass is 16.6. The van der Waals surface area contributed by atoms with Crippen molar-refractivity contribution in [1.82, 2.24) is 20.4 Å². The fourth-order valence-electron chi connectivity index (χ4n) is 10.2. The minimum atomic E-state index is -1.96. The van der Waals surface area contributed by atoms with E-state index in [9.17, 15) is 9.90 Å². The van der Waals surface area contributed by atoms with Crippen LogP contribution in [0.15, 0.2) is 176 Å². The number of benzene rings is 6. The molecular formula is C56H51N5O6. The zero-order chi connectivity index (χ0) is 46.7. The summed E-state index contributed by atoms with van der Waals surface area (Å²) in [5, 5.41) is 16.7. The number of amides is 4. The number of nitrogens with one attached hydrogen (secondary N) is 2. The SMILES string of the molecule is C=CCNC(=O)[C@H]1[C@@H]2C(=O)O[C@@H](c3ccccc3)[C@@H](c3ccccc3)N2[C@@H](c2ccc(O)cc2)[C@]12C(=O)N(C(=O)N[C@H](C)c1ccccc1)c1ccc(C#CCN(C)Cc3ccccc3)cc12. The number of ether oxygens (including phenoxy) is 1. The lowest BCUT2D eigenvalue weighted by molar-refractivity contribution is -0.178. The number of anilines is 1. The molecule has 1 spiro atoms. The number of phenolic OH excluding ortho intramolecular Hbond substituents is 1. The van der Waals surface area contributed by atoms with Crippen molar-refractivity contribution >= 4 is 29.5 Å². The molecule has 336 valence electrons. The monoisotopic (exact) mass is 889 g/mol. The lowest BCUT2D eigenvalue weighted by atomic mass is 9.65. The summed E-state index contributed by atoms with van der Waals surface area (Å²) in [7, 11) is 1.99. The molecule has 0 radical (unpaired) electrons. The Morgan fingerprint density at radius 3 is 2.10 bits per heavy atom. The van der Waals surface area contributed by atoms with Crippen molar-refractivity contribution in [3.05, 3.63) is 215 Å². The molecule has 67 heavy (non-hydrogen) atoms. The van der Waals surface area contributed by atoms with E-state index in [2.05, 4.69) is 46.1 Å². The van der Waals surface area contributed by atoms with Gasteiger partial charge in [0.15, 0.2) is 0 Å². The van der Waals surface area contributed by atoms with Gasteiger partial charge in [-0.05, 0) is 77.7 Å². The van der Waals surface area contributed by atoms with Gasteiger partial charge >= 0.3 is 12.0 Å². The summed E-state index contributed by atoms with van der Waals surface area (Å²) in [5.41, 5.74) is 3.17. The number of nitrogens with zero attached hydrogens (tertiary/aromatic N) is 3. The van der Waals surface area contributed by atoms with E-state index in [0.717, 1.165) is 21.6 Å². The average molecular weight is 890 g/mol. The van der Waals surface area contributed by atoms with Crippen LogP contribution < -0.4 is 15.5 Å². The Balaban J connectivity index is 1.28. The third-order valence-corrected chi connectivity index (χ3v) is 13.1. The van der Waals surface area contributed by atoms with Gasteiger partial charge in [-0.25, -0.2) is 9.69 Å². The number of esters is 1. The van der Waals surface area contributed by atoms with Gasteiger partial charge in [0.2, 0.25) is 11.8 Å². The van der Waals surface area contributed by atoms with Gasteiger partial charge in [0, 0.05) is 18.7 Å². The summed E-state index contributed by atoms with van der Waals surface area (Å²) in [4.78, 5) is 67.1. The number of phenols is 1. The average Bonchev–Trinajstić information content (AvgIpc) is 3.81. The first-order valence-electron chi connectivity index (χ1n) is 22.4. The van der Waals surface area contributed by atoms with E-state index in [1.54, 1.807) is 30.3 Å². The van der Waals surface area contributed by atoms with Gasteiger partial charge in [0.05, 0.1) is 36.3 Å². The van der Waals surface area contributed by atoms with E-state index in [4.69, 9.17) is 4.74 Å². The fraction of sp³-hybridized carbons (Fsp3) is 0.214. The highest BCUT2D eigenvalue weighted by molar-refractivity contribution is 6.24. The number of morpholine rings is 1. The van der Waals surface area contributed by atoms with Crippen LogP contribution in [0.25, 0.3) is 0 Å². The van der Waals surface area contributed by atoms with Gasteiger partial charge in [-0.1, -0.05) is 151 Å². The largest absolute Gasteiger partial charge is 0.508 e. The van der Waals surface area contributed by atoms with E-state index >= 15 is 14.4 Å². The Hall–Kier alpha value is -7.78. The summed E-state index contributed by atoms with van der Waals surface area (Å²) in [6.45, 7) is 6.81. The molecule has 11 heteroatoms. The van der Waals surface area contributed by atoms with Crippen LogP contribution in [-0.4, -0.2) is 64.9 Å². The molecule has 3 aliphatic heterocycles. The third-order valence-electron chi connectivity index (χ3n) is 13.1. The molecule has 2 fully saturated rings. The van der Waals surface area contributed by atoms with Gasteiger partial charge in [-0.15, -0.1) is 6.58 Å². The first kappa shape index (κ1) is 44.4. The van der Waals surface area contributed by atoms with Crippen molar-refractivity contribution in [2.45, 2.75) is 49.2 Å². The second-order valence-electron chi connectivity index (χ2n) is 17.3. The van der Waals surface area contributed by atoms with E-state index in [1.807, 2.05) is 128 Å². The summed E-state index contributed by atoms with van der Waals surface area (Å²) < 4.78 is 6.53. The van der Waals surface area contributed by atoms with Crippen molar-refractivity contribution < 1.29 is 29.0 Å². The fourth-order valence-corrected chi connectivity index (χ4v) is 10.2. The molecule has 6 aromatic carbocycles. The minimum Gasteiger partial charge on any atom is -0.508 e. The number of hydrogen-bond acceptors (Lipinski definition) is 8. The van der Waals surface area contributed by atoms with Crippen molar-refractivity contribution in [3.63, 3.8) is 0 Å². The number of aromatic hydroxyl groups is 1. The maximum Gasteiger partial charge on any atom is 0.329 e. The van der Waals surface area contributed by atoms with Crippen LogP contribution in [0.3, 0.4) is 0 Å². The number of rotatable bonds is 11. The predicted molar refractivity (Wildman–Crippen MR) is 256 cm³/mol. The van der Waals surface area contributed by atoms with Crippen LogP contribution in [0.4, 0.5) is 10.5 Å². The number of imide groups is 1. The molecule has 6 aromatic rings. The highest BCUT2D eigenvalue weighted by Crippen LogP contribution is 2.66. The van der Waals surface area contributed by atoms with Crippen molar-refractivity contribution in [2.75, 3.05) is 25.0 Å². The van der Waals surface area contributed by atoms with Crippen molar-refractivity contribution in [3.8, 4) is 17.6 Å². The number of fused-ring (bicyclic) bond motifs is 3. The van der Waals surface area contributed by atoms with Gasteiger partial charge in [0.25, 0.3) is 0 Å². The van der Waals surface area contributed by atoms with Crippen LogP contribution in [-0.2, 0) is 31.1 Å². The van der Waals surface area contributed by atoms with E-state index < -0.39 is 65.4 Å². The number of hydrogen-bond donors (Lipinski definition) is 3. The van der Waals surface area contributed by atoms with Gasteiger partial charge in [0.1, 0.15) is 23.3 Å².